The van der Waals surface area contributed by atoms with Crippen LogP contribution in [-0.2, 0) is 0 Å². The largest absolute Gasteiger partial charge is 0.372 e. The molecule has 3 unspecified atom stereocenters. The van der Waals surface area contributed by atoms with Crippen molar-refractivity contribution in [1.82, 2.24) is 10.6 Å². The zero-order chi connectivity index (χ0) is 19.5. The Morgan fingerprint density at radius 3 is 2.68 bits per heavy atom. The molecule has 28 heavy (non-hydrogen) atoms. The maximum atomic E-state index is 14.0. The Hall–Kier alpha value is -2.56. The molecule has 0 bridgehead atoms. The Morgan fingerprint density at radius 2 is 1.93 bits per heavy atom. The van der Waals surface area contributed by atoms with Crippen molar-refractivity contribution in [2.45, 2.75) is 44.2 Å². The lowest BCUT2D eigenvalue weighted by Gasteiger charge is -2.22. The van der Waals surface area contributed by atoms with E-state index in [2.05, 4.69) is 51.7 Å². The summed E-state index contributed by atoms with van der Waals surface area (Å²) in [5, 5.41) is 6.93. The van der Waals surface area contributed by atoms with Crippen LogP contribution in [-0.4, -0.2) is 32.1 Å². The normalized spacial score (nSPS) is 22.8. The van der Waals surface area contributed by atoms with Crippen LogP contribution in [0.15, 0.2) is 53.5 Å². The molecule has 0 spiro atoms. The first-order valence-corrected chi connectivity index (χ1v) is 10.2. The van der Waals surface area contributed by atoms with E-state index in [0.29, 0.717) is 0 Å². The molecule has 2 aliphatic rings. The summed E-state index contributed by atoms with van der Waals surface area (Å²) in [4.78, 5) is 6.83. The van der Waals surface area contributed by atoms with Crippen LogP contribution in [0.3, 0.4) is 0 Å². The third kappa shape index (κ3) is 4.13. The van der Waals surface area contributed by atoms with Crippen molar-refractivity contribution in [2.24, 2.45) is 4.99 Å². The number of hydrogen-bond donors (Lipinski definition) is 2. The minimum Gasteiger partial charge on any atom is -0.372 e. The zero-order valence-electron chi connectivity index (χ0n) is 16.7. The highest BCUT2D eigenvalue weighted by Gasteiger charge is 2.40. The Labute approximate surface area is 166 Å². The summed E-state index contributed by atoms with van der Waals surface area (Å²) in [5.41, 5.74) is 3.34. The predicted octanol–water partition coefficient (Wildman–Crippen LogP) is 4.21. The van der Waals surface area contributed by atoms with Crippen LogP contribution in [0.5, 0.6) is 0 Å². The molecule has 5 heteroatoms. The zero-order valence-corrected chi connectivity index (χ0v) is 16.7. The molecule has 2 aromatic rings. The highest BCUT2D eigenvalue weighted by Crippen LogP contribution is 2.41. The number of rotatable bonds is 5. The third-order valence-corrected chi connectivity index (χ3v) is 5.84. The van der Waals surface area contributed by atoms with Gasteiger partial charge in [-0.1, -0.05) is 30.3 Å². The van der Waals surface area contributed by atoms with E-state index >= 15 is 0 Å². The van der Waals surface area contributed by atoms with E-state index in [4.69, 9.17) is 0 Å². The molecule has 0 aromatic heterocycles. The van der Waals surface area contributed by atoms with Crippen LogP contribution in [0.2, 0.25) is 0 Å². The van der Waals surface area contributed by atoms with Gasteiger partial charge in [-0.3, -0.25) is 4.99 Å². The quantitative estimate of drug-likeness (QED) is 0.603. The van der Waals surface area contributed by atoms with Crippen LogP contribution >= 0.6 is 0 Å². The fraction of sp³-hybridized carbons (Fsp3) is 0.435. The van der Waals surface area contributed by atoms with Gasteiger partial charge in [-0.25, -0.2) is 4.39 Å². The first-order chi connectivity index (χ1) is 13.7. The molecule has 2 N–H and O–H groups in total. The van der Waals surface area contributed by atoms with Gasteiger partial charge in [0.2, 0.25) is 0 Å². The van der Waals surface area contributed by atoms with Gasteiger partial charge in [-0.05, 0) is 55.5 Å². The lowest BCUT2D eigenvalue weighted by atomic mass is 10.1. The summed E-state index contributed by atoms with van der Waals surface area (Å²) in [6.07, 6.45) is 3.48. The van der Waals surface area contributed by atoms with E-state index in [0.717, 1.165) is 31.0 Å². The van der Waals surface area contributed by atoms with Crippen molar-refractivity contribution in [1.29, 1.82) is 0 Å². The first-order valence-electron chi connectivity index (χ1n) is 10.2. The van der Waals surface area contributed by atoms with E-state index < -0.39 is 0 Å². The van der Waals surface area contributed by atoms with Gasteiger partial charge in [-0.15, -0.1) is 0 Å². The minimum absolute atomic E-state index is 0.119. The summed E-state index contributed by atoms with van der Waals surface area (Å²) < 4.78 is 14.0. The van der Waals surface area contributed by atoms with Crippen molar-refractivity contribution in [2.75, 3.05) is 25.0 Å². The van der Waals surface area contributed by atoms with Gasteiger partial charge in [0.1, 0.15) is 5.82 Å². The standard InChI is InChI=1S/C23H29FN4/c1-16(17-8-7-9-18(14-17)28-12-5-6-13-28)26-23(25-2)27-22-15-20(22)19-10-3-4-11-21(19)24/h3-4,7-11,14,16,20,22H,5-6,12-13,15H2,1-2H3,(H2,25,26,27). The van der Waals surface area contributed by atoms with Gasteiger partial charge in [0, 0.05) is 37.8 Å². The number of halogens is 1. The van der Waals surface area contributed by atoms with Crippen molar-refractivity contribution >= 4 is 11.6 Å². The summed E-state index contributed by atoms with van der Waals surface area (Å²) >= 11 is 0. The summed E-state index contributed by atoms with van der Waals surface area (Å²) in [6, 6.07) is 16.2. The topological polar surface area (TPSA) is 39.7 Å². The second-order valence-electron chi connectivity index (χ2n) is 7.84. The second kappa shape index (κ2) is 8.21. The molecule has 1 saturated carbocycles. The Bertz CT molecular complexity index is 844. The van der Waals surface area contributed by atoms with Crippen molar-refractivity contribution in [3.8, 4) is 0 Å². The molecule has 2 fully saturated rings. The molecule has 0 radical (unpaired) electrons. The minimum atomic E-state index is -0.119. The highest BCUT2D eigenvalue weighted by molar-refractivity contribution is 5.81. The van der Waals surface area contributed by atoms with Crippen LogP contribution < -0.4 is 15.5 Å². The highest BCUT2D eigenvalue weighted by atomic mass is 19.1. The maximum Gasteiger partial charge on any atom is 0.191 e. The maximum absolute atomic E-state index is 14.0. The molecule has 4 rings (SSSR count). The van der Waals surface area contributed by atoms with Crippen molar-refractivity contribution in [3.63, 3.8) is 0 Å². The number of guanidine groups is 1. The van der Waals surface area contributed by atoms with E-state index in [-0.39, 0.29) is 23.8 Å². The summed E-state index contributed by atoms with van der Waals surface area (Å²) in [6.45, 7) is 4.44. The number of anilines is 1. The lowest BCUT2D eigenvalue weighted by Crippen LogP contribution is -2.40. The number of nitrogens with one attached hydrogen (secondary N) is 2. The lowest BCUT2D eigenvalue weighted by molar-refractivity contribution is 0.607. The summed E-state index contributed by atoms with van der Waals surface area (Å²) in [5.74, 6) is 0.864. The van der Waals surface area contributed by atoms with Crippen molar-refractivity contribution in [3.05, 3.63) is 65.5 Å². The van der Waals surface area contributed by atoms with E-state index in [1.165, 1.54) is 30.2 Å². The number of nitrogens with zero attached hydrogens (tertiary/aromatic N) is 2. The molecule has 2 aromatic carbocycles. The van der Waals surface area contributed by atoms with Crippen molar-refractivity contribution < 1.29 is 4.39 Å². The number of benzene rings is 2. The first kappa shape index (κ1) is 18.8. The number of hydrogen-bond acceptors (Lipinski definition) is 2. The molecule has 1 aliphatic carbocycles. The fourth-order valence-corrected chi connectivity index (χ4v) is 4.07. The van der Waals surface area contributed by atoms with Crippen LogP contribution in [0, 0.1) is 5.82 Å². The molecular weight excluding hydrogens is 351 g/mol. The van der Waals surface area contributed by atoms with Gasteiger partial charge in [0.15, 0.2) is 5.96 Å². The molecule has 1 saturated heterocycles. The van der Waals surface area contributed by atoms with E-state index in [1.807, 2.05) is 12.1 Å². The van der Waals surface area contributed by atoms with Crippen LogP contribution in [0.4, 0.5) is 10.1 Å². The third-order valence-electron chi connectivity index (χ3n) is 5.84. The number of aliphatic imine (C=N–C) groups is 1. The molecule has 0 amide bonds. The summed E-state index contributed by atoms with van der Waals surface area (Å²) in [7, 11) is 1.78. The van der Waals surface area contributed by atoms with E-state index in [1.54, 1.807) is 13.1 Å². The van der Waals surface area contributed by atoms with Gasteiger partial charge >= 0.3 is 0 Å². The predicted molar refractivity (Wildman–Crippen MR) is 113 cm³/mol. The molecular formula is C23H29FN4. The Balaban J connectivity index is 1.36. The SMILES string of the molecule is CN=C(NC(C)c1cccc(N2CCCC2)c1)NC1CC1c1ccccc1F. The Morgan fingerprint density at radius 1 is 1.14 bits per heavy atom. The molecule has 1 aliphatic heterocycles. The molecule has 1 heterocycles. The molecule has 4 nitrogen and oxygen atoms in total. The van der Waals surface area contributed by atoms with Gasteiger partial charge in [0.25, 0.3) is 0 Å². The average molecular weight is 381 g/mol. The molecule has 3 atom stereocenters. The fourth-order valence-electron chi connectivity index (χ4n) is 4.07. The molecule has 148 valence electrons. The van der Waals surface area contributed by atoms with E-state index in [9.17, 15) is 4.39 Å². The van der Waals surface area contributed by atoms with Gasteiger partial charge in [0.05, 0.1) is 6.04 Å². The van der Waals surface area contributed by atoms with Gasteiger partial charge < -0.3 is 15.5 Å². The average Bonchev–Trinajstić information content (AvgIpc) is 3.25. The van der Waals surface area contributed by atoms with Gasteiger partial charge in [-0.2, -0.15) is 0 Å². The second-order valence-corrected chi connectivity index (χ2v) is 7.84. The van der Waals surface area contributed by atoms with Crippen LogP contribution in [0.1, 0.15) is 49.3 Å². The van der Waals surface area contributed by atoms with Crippen LogP contribution in [0.25, 0.3) is 0 Å². The Kier molecular flexibility index (Phi) is 5.51. The smallest absolute Gasteiger partial charge is 0.191 e. The monoisotopic (exact) mass is 380 g/mol.